The molecule has 3 heteroatoms. The zero-order valence-corrected chi connectivity index (χ0v) is 8.39. The van der Waals surface area contributed by atoms with E-state index >= 15 is 0 Å². The summed E-state index contributed by atoms with van der Waals surface area (Å²) in [4.78, 5) is 0. The molecule has 1 rings (SSSR count). The molecule has 0 bridgehead atoms. The third-order valence-electron chi connectivity index (χ3n) is 1.55. The molecule has 0 radical (unpaired) electrons. The van der Waals surface area contributed by atoms with Crippen molar-refractivity contribution in [2.75, 3.05) is 7.11 Å². The second-order valence-electron chi connectivity index (χ2n) is 2.38. The lowest BCUT2D eigenvalue weighted by Gasteiger charge is -2.04. The van der Waals surface area contributed by atoms with Crippen LogP contribution in [-0.4, -0.2) is 13.3 Å². The third kappa shape index (κ3) is 2.08. The van der Waals surface area contributed by atoms with Gasteiger partial charge < -0.3 is 10.1 Å². The monoisotopic (exact) mass is 227 g/mol. The van der Waals surface area contributed by atoms with Gasteiger partial charge in [-0.25, -0.2) is 0 Å². The first-order chi connectivity index (χ1) is 5.77. The standard InChI is InChI=1S/C9H10BrNO/c1-12-9-6-7(4-5-11)2-3-8(9)10/h2-3,5-6,11H,4H2,1H3. The van der Waals surface area contributed by atoms with Gasteiger partial charge in [0.1, 0.15) is 5.75 Å². The summed E-state index contributed by atoms with van der Waals surface area (Å²) in [7, 11) is 1.63. The molecule has 12 heavy (non-hydrogen) atoms. The summed E-state index contributed by atoms with van der Waals surface area (Å²) in [5, 5.41) is 6.94. The van der Waals surface area contributed by atoms with Gasteiger partial charge in [-0.2, -0.15) is 0 Å². The van der Waals surface area contributed by atoms with Gasteiger partial charge in [-0.1, -0.05) is 6.07 Å². The molecule has 0 saturated carbocycles. The number of hydrogen-bond acceptors (Lipinski definition) is 2. The summed E-state index contributed by atoms with van der Waals surface area (Å²) in [6.45, 7) is 0. The van der Waals surface area contributed by atoms with Crippen molar-refractivity contribution in [3.63, 3.8) is 0 Å². The van der Waals surface area contributed by atoms with Crippen LogP contribution in [0.15, 0.2) is 22.7 Å². The van der Waals surface area contributed by atoms with Crippen molar-refractivity contribution in [1.82, 2.24) is 0 Å². The lowest BCUT2D eigenvalue weighted by atomic mass is 10.1. The predicted molar refractivity (Wildman–Crippen MR) is 53.2 cm³/mol. The van der Waals surface area contributed by atoms with Crippen molar-refractivity contribution in [2.24, 2.45) is 0 Å². The molecule has 0 aliphatic heterocycles. The first-order valence-electron chi connectivity index (χ1n) is 3.59. The molecule has 1 aromatic rings. The van der Waals surface area contributed by atoms with E-state index in [0.29, 0.717) is 6.42 Å². The quantitative estimate of drug-likeness (QED) is 0.792. The highest BCUT2D eigenvalue weighted by atomic mass is 79.9. The molecule has 0 aliphatic rings. The average molecular weight is 228 g/mol. The van der Waals surface area contributed by atoms with Gasteiger partial charge in [-0.15, -0.1) is 0 Å². The van der Waals surface area contributed by atoms with Crippen molar-refractivity contribution in [2.45, 2.75) is 6.42 Å². The van der Waals surface area contributed by atoms with Crippen LogP contribution in [0.25, 0.3) is 0 Å². The van der Waals surface area contributed by atoms with Crippen molar-refractivity contribution in [3.05, 3.63) is 28.2 Å². The van der Waals surface area contributed by atoms with Gasteiger partial charge in [-0.05, 0) is 39.8 Å². The summed E-state index contributed by atoms with van der Waals surface area (Å²) < 4.78 is 6.05. The van der Waals surface area contributed by atoms with Gasteiger partial charge in [0.2, 0.25) is 0 Å². The van der Waals surface area contributed by atoms with Crippen LogP contribution >= 0.6 is 15.9 Å². The Labute approximate surface area is 80.2 Å². The fourth-order valence-corrected chi connectivity index (χ4v) is 1.36. The first-order valence-corrected chi connectivity index (χ1v) is 4.38. The van der Waals surface area contributed by atoms with Gasteiger partial charge >= 0.3 is 0 Å². The second-order valence-corrected chi connectivity index (χ2v) is 3.23. The molecule has 0 saturated heterocycles. The van der Waals surface area contributed by atoms with Crippen molar-refractivity contribution < 1.29 is 4.74 Å². The zero-order valence-electron chi connectivity index (χ0n) is 6.80. The minimum absolute atomic E-state index is 0.656. The first kappa shape index (κ1) is 9.26. The minimum Gasteiger partial charge on any atom is -0.496 e. The Bertz CT molecular complexity index is 286. The maximum atomic E-state index is 6.94. The smallest absolute Gasteiger partial charge is 0.133 e. The van der Waals surface area contributed by atoms with Crippen LogP contribution in [0.3, 0.4) is 0 Å². The van der Waals surface area contributed by atoms with Crippen molar-refractivity contribution in [3.8, 4) is 5.75 Å². The number of hydrogen-bond donors (Lipinski definition) is 1. The Balaban J connectivity index is 2.96. The summed E-state index contributed by atoms with van der Waals surface area (Å²) in [6, 6.07) is 5.82. The van der Waals surface area contributed by atoms with Crippen LogP contribution < -0.4 is 4.74 Å². The molecule has 1 N–H and O–H groups in total. The molecule has 0 fully saturated rings. The Morgan fingerprint density at radius 1 is 1.58 bits per heavy atom. The molecular weight excluding hydrogens is 218 g/mol. The highest BCUT2D eigenvalue weighted by Gasteiger charge is 1.99. The number of rotatable bonds is 3. The molecule has 2 nitrogen and oxygen atoms in total. The van der Waals surface area contributed by atoms with Crippen LogP contribution in [0.2, 0.25) is 0 Å². The highest BCUT2D eigenvalue weighted by Crippen LogP contribution is 2.25. The highest BCUT2D eigenvalue weighted by molar-refractivity contribution is 9.10. The molecule has 64 valence electrons. The minimum atomic E-state index is 0.656. The average Bonchev–Trinajstić information content (AvgIpc) is 2.09. The van der Waals surface area contributed by atoms with Crippen molar-refractivity contribution >= 4 is 22.1 Å². The molecule has 1 aromatic carbocycles. The van der Waals surface area contributed by atoms with Gasteiger partial charge in [0.05, 0.1) is 11.6 Å². The number of methoxy groups -OCH3 is 1. The number of halogens is 1. The van der Waals surface area contributed by atoms with E-state index in [-0.39, 0.29) is 0 Å². The van der Waals surface area contributed by atoms with Gasteiger partial charge in [-0.3, -0.25) is 0 Å². The van der Waals surface area contributed by atoms with Crippen molar-refractivity contribution in [1.29, 1.82) is 5.41 Å². The Kier molecular flexibility index (Phi) is 3.29. The fourth-order valence-electron chi connectivity index (χ4n) is 0.949. The molecule has 0 spiro atoms. The predicted octanol–water partition coefficient (Wildman–Crippen LogP) is 2.65. The van der Waals surface area contributed by atoms with Gasteiger partial charge in [0.25, 0.3) is 0 Å². The van der Waals surface area contributed by atoms with E-state index in [0.717, 1.165) is 15.8 Å². The van der Waals surface area contributed by atoms with E-state index in [1.807, 2.05) is 18.2 Å². The van der Waals surface area contributed by atoms with Crippen LogP contribution in [0.4, 0.5) is 0 Å². The molecule has 0 atom stereocenters. The van der Waals surface area contributed by atoms with E-state index in [1.165, 1.54) is 6.21 Å². The van der Waals surface area contributed by atoms with E-state index in [4.69, 9.17) is 10.1 Å². The molecule has 0 amide bonds. The number of benzene rings is 1. The van der Waals surface area contributed by atoms with Gasteiger partial charge in [0, 0.05) is 6.42 Å². The van der Waals surface area contributed by atoms with E-state index in [9.17, 15) is 0 Å². The van der Waals surface area contributed by atoms with E-state index in [2.05, 4.69) is 15.9 Å². The maximum Gasteiger partial charge on any atom is 0.133 e. The topological polar surface area (TPSA) is 33.1 Å². The van der Waals surface area contributed by atoms with Crippen LogP contribution in [0, 0.1) is 5.41 Å². The number of nitrogens with one attached hydrogen (secondary N) is 1. The third-order valence-corrected chi connectivity index (χ3v) is 2.21. The van der Waals surface area contributed by atoms with E-state index < -0.39 is 0 Å². The maximum absolute atomic E-state index is 6.94. The molecule has 0 unspecified atom stereocenters. The summed E-state index contributed by atoms with van der Waals surface area (Å²) in [6.07, 6.45) is 2.03. The lowest BCUT2D eigenvalue weighted by molar-refractivity contribution is 0.412. The van der Waals surface area contributed by atoms with E-state index in [1.54, 1.807) is 7.11 Å². The summed E-state index contributed by atoms with van der Waals surface area (Å²) >= 11 is 3.36. The molecule has 0 heterocycles. The van der Waals surface area contributed by atoms with Crippen LogP contribution in [-0.2, 0) is 6.42 Å². The second kappa shape index (κ2) is 4.26. The van der Waals surface area contributed by atoms with Crippen LogP contribution in [0.5, 0.6) is 5.75 Å². The Morgan fingerprint density at radius 2 is 2.33 bits per heavy atom. The Morgan fingerprint density at radius 3 is 2.92 bits per heavy atom. The normalized spacial score (nSPS) is 9.50. The largest absolute Gasteiger partial charge is 0.496 e. The summed E-state index contributed by atoms with van der Waals surface area (Å²) in [5.41, 5.74) is 1.09. The molecule has 0 aliphatic carbocycles. The fraction of sp³-hybridized carbons (Fsp3) is 0.222. The zero-order chi connectivity index (χ0) is 8.97. The molecule has 0 aromatic heterocycles. The number of ether oxygens (including phenoxy) is 1. The lowest BCUT2D eigenvalue weighted by Crippen LogP contribution is -1.89. The summed E-state index contributed by atoms with van der Waals surface area (Å²) in [5.74, 6) is 0.814. The van der Waals surface area contributed by atoms with Gasteiger partial charge in [0.15, 0.2) is 0 Å². The van der Waals surface area contributed by atoms with Crippen LogP contribution in [0.1, 0.15) is 5.56 Å². The SMILES string of the molecule is COc1cc(CC=N)ccc1Br. The Hall–Kier alpha value is -0.830. The molecular formula is C9H10BrNO.